The first-order valence-corrected chi connectivity index (χ1v) is 2.80. The average molecular weight is 134 g/mol. The molecule has 0 fully saturated rings. The van der Waals surface area contributed by atoms with Crippen molar-refractivity contribution in [2.75, 3.05) is 0 Å². The number of para-hydroxylation sites is 1. The monoisotopic (exact) mass is 134 g/mol. The van der Waals surface area contributed by atoms with Gasteiger partial charge in [0.1, 0.15) is 0 Å². The Hall–Kier alpha value is -1.51. The van der Waals surface area contributed by atoms with Crippen molar-refractivity contribution in [1.29, 1.82) is 5.53 Å². The van der Waals surface area contributed by atoms with Gasteiger partial charge in [-0.15, -0.1) is 0 Å². The van der Waals surface area contributed by atoms with Gasteiger partial charge < -0.3 is 0 Å². The number of aldehydes is 1. The lowest BCUT2D eigenvalue weighted by atomic mass is 10.2. The van der Waals surface area contributed by atoms with Gasteiger partial charge in [-0.3, -0.25) is 4.79 Å². The van der Waals surface area contributed by atoms with E-state index in [0.717, 1.165) is 0 Å². The van der Waals surface area contributed by atoms with E-state index < -0.39 is 0 Å². The Labute approximate surface area is 58.2 Å². The minimum atomic E-state index is 0.414. The second-order valence-corrected chi connectivity index (χ2v) is 1.79. The molecule has 0 saturated carbocycles. The third kappa shape index (κ3) is 1.07. The fourth-order valence-electron chi connectivity index (χ4n) is 0.689. The number of nitrogens with one attached hydrogen (secondary N) is 1. The summed E-state index contributed by atoms with van der Waals surface area (Å²) in [5.41, 5.74) is 7.52. The van der Waals surface area contributed by atoms with Crippen molar-refractivity contribution in [1.82, 2.24) is 0 Å². The third-order valence-corrected chi connectivity index (χ3v) is 1.18. The summed E-state index contributed by atoms with van der Waals surface area (Å²) in [5, 5.41) is 3.16. The lowest BCUT2D eigenvalue weighted by molar-refractivity contribution is 0.112. The van der Waals surface area contributed by atoms with Crippen LogP contribution in [0.3, 0.4) is 0 Å². The van der Waals surface area contributed by atoms with Crippen molar-refractivity contribution in [3.8, 4) is 0 Å². The van der Waals surface area contributed by atoms with E-state index >= 15 is 0 Å². The molecule has 1 rings (SSSR count). The zero-order chi connectivity index (χ0) is 7.40. The first kappa shape index (κ1) is 6.61. The number of carbonyl (C=O) groups excluding carboxylic acids is 1. The Balaban J connectivity index is 3.20. The highest BCUT2D eigenvalue weighted by atomic mass is 16.1. The summed E-state index contributed by atoms with van der Waals surface area (Å²) in [7, 11) is 0. The van der Waals surface area contributed by atoms with Crippen LogP contribution in [0.4, 0.5) is 5.69 Å². The van der Waals surface area contributed by atoms with Gasteiger partial charge in [-0.2, -0.15) is 5.11 Å². The summed E-state index contributed by atoms with van der Waals surface area (Å²) in [5.74, 6) is 0. The number of carbonyl (C=O) groups is 1. The second kappa shape index (κ2) is 2.87. The van der Waals surface area contributed by atoms with E-state index in [4.69, 9.17) is 5.53 Å². The average Bonchev–Trinajstić information content (AvgIpc) is 2.04. The van der Waals surface area contributed by atoms with Crippen LogP contribution in [0.2, 0.25) is 0 Å². The molecule has 50 valence electrons. The van der Waals surface area contributed by atoms with Gasteiger partial charge >= 0.3 is 0 Å². The van der Waals surface area contributed by atoms with Gasteiger partial charge in [0.15, 0.2) is 6.29 Å². The number of rotatable bonds is 2. The molecule has 0 saturated heterocycles. The fraction of sp³-hybridized carbons (Fsp3) is 0. The molecule has 10 heavy (non-hydrogen) atoms. The van der Waals surface area contributed by atoms with Gasteiger partial charge in [0.2, 0.25) is 0 Å². The lowest BCUT2D eigenvalue weighted by Gasteiger charge is -1.91. The number of nitrogens with zero attached hydrogens (tertiary/aromatic N) is 1. The second-order valence-electron chi connectivity index (χ2n) is 1.79. The Morgan fingerprint density at radius 3 is 2.60 bits per heavy atom. The Kier molecular flexibility index (Phi) is 1.89. The SMILES string of the molecule is N=Nc1ccccc1C=O. The fourth-order valence-corrected chi connectivity index (χ4v) is 0.689. The van der Waals surface area contributed by atoms with Gasteiger partial charge in [-0.05, 0) is 12.1 Å². The molecular weight excluding hydrogens is 128 g/mol. The van der Waals surface area contributed by atoms with Gasteiger partial charge in [-0.1, -0.05) is 12.1 Å². The summed E-state index contributed by atoms with van der Waals surface area (Å²) >= 11 is 0. The molecule has 1 N–H and O–H groups in total. The molecular formula is C7H6N2O. The first-order chi connectivity index (χ1) is 4.88. The predicted octanol–water partition coefficient (Wildman–Crippen LogP) is 2.16. The summed E-state index contributed by atoms with van der Waals surface area (Å²) < 4.78 is 0. The zero-order valence-corrected chi connectivity index (χ0v) is 5.24. The van der Waals surface area contributed by atoms with Crippen LogP contribution in [-0.2, 0) is 0 Å². The highest BCUT2D eigenvalue weighted by Crippen LogP contribution is 2.14. The quantitative estimate of drug-likeness (QED) is 0.489. The molecule has 3 heteroatoms. The van der Waals surface area contributed by atoms with Crippen LogP contribution >= 0.6 is 0 Å². The molecule has 0 bridgehead atoms. The van der Waals surface area contributed by atoms with Crippen molar-refractivity contribution in [3.63, 3.8) is 0 Å². The van der Waals surface area contributed by atoms with Crippen LogP contribution in [0, 0.1) is 5.53 Å². The predicted molar refractivity (Wildman–Crippen MR) is 36.6 cm³/mol. The Bertz CT molecular complexity index is 231. The molecule has 0 heterocycles. The maximum atomic E-state index is 10.2. The third-order valence-electron chi connectivity index (χ3n) is 1.18. The number of hydrogen-bond donors (Lipinski definition) is 1. The van der Waals surface area contributed by atoms with Crippen molar-refractivity contribution in [2.24, 2.45) is 5.11 Å². The molecule has 0 spiro atoms. The highest BCUT2D eigenvalue weighted by Gasteiger charge is 1.95. The number of hydrogen-bond acceptors (Lipinski definition) is 3. The van der Waals surface area contributed by atoms with E-state index in [1.165, 1.54) is 0 Å². The van der Waals surface area contributed by atoms with Gasteiger partial charge in [0.05, 0.1) is 5.69 Å². The minimum absolute atomic E-state index is 0.414. The van der Waals surface area contributed by atoms with Crippen LogP contribution in [0.5, 0.6) is 0 Å². The van der Waals surface area contributed by atoms with E-state index in [-0.39, 0.29) is 0 Å². The molecule has 1 aromatic rings. The largest absolute Gasteiger partial charge is 0.298 e. The van der Waals surface area contributed by atoms with Gasteiger partial charge in [0.25, 0.3) is 0 Å². The topological polar surface area (TPSA) is 53.3 Å². The van der Waals surface area contributed by atoms with E-state index in [1.54, 1.807) is 24.3 Å². The van der Waals surface area contributed by atoms with Crippen LogP contribution < -0.4 is 0 Å². The molecule has 3 nitrogen and oxygen atoms in total. The van der Waals surface area contributed by atoms with E-state index in [9.17, 15) is 4.79 Å². The van der Waals surface area contributed by atoms with E-state index in [0.29, 0.717) is 17.5 Å². The van der Waals surface area contributed by atoms with E-state index in [2.05, 4.69) is 5.11 Å². The van der Waals surface area contributed by atoms with Crippen LogP contribution in [0.1, 0.15) is 10.4 Å². The number of benzene rings is 1. The zero-order valence-electron chi connectivity index (χ0n) is 5.24. The maximum absolute atomic E-state index is 10.2. The van der Waals surface area contributed by atoms with Gasteiger partial charge in [0, 0.05) is 5.56 Å². The molecule has 0 aromatic heterocycles. The molecule has 0 radical (unpaired) electrons. The smallest absolute Gasteiger partial charge is 0.152 e. The standard InChI is InChI=1S/C7H6N2O/c8-9-7-4-2-1-3-6(7)5-10/h1-5,8H. The molecule has 0 aliphatic heterocycles. The van der Waals surface area contributed by atoms with Crippen molar-refractivity contribution < 1.29 is 4.79 Å². The summed E-state index contributed by atoms with van der Waals surface area (Å²) in [6.07, 6.45) is 0.688. The summed E-state index contributed by atoms with van der Waals surface area (Å²) in [6, 6.07) is 6.72. The molecule has 0 unspecified atom stereocenters. The molecule has 0 aliphatic rings. The van der Waals surface area contributed by atoms with Crippen molar-refractivity contribution in [2.45, 2.75) is 0 Å². The van der Waals surface area contributed by atoms with Crippen LogP contribution in [0.15, 0.2) is 29.4 Å². The maximum Gasteiger partial charge on any atom is 0.152 e. The molecule has 1 aromatic carbocycles. The molecule has 0 amide bonds. The molecule has 0 atom stereocenters. The van der Waals surface area contributed by atoms with E-state index in [1.807, 2.05) is 0 Å². The van der Waals surface area contributed by atoms with Crippen LogP contribution in [0.25, 0.3) is 0 Å². The van der Waals surface area contributed by atoms with Gasteiger partial charge in [-0.25, -0.2) is 5.53 Å². The van der Waals surface area contributed by atoms with Crippen molar-refractivity contribution in [3.05, 3.63) is 29.8 Å². The highest BCUT2D eigenvalue weighted by molar-refractivity contribution is 5.82. The van der Waals surface area contributed by atoms with Crippen molar-refractivity contribution >= 4 is 12.0 Å². The normalized spacial score (nSPS) is 8.80. The first-order valence-electron chi connectivity index (χ1n) is 2.80. The summed E-state index contributed by atoms with van der Waals surface area (Å²) in [6.45, 7) is 0. The minimum Gasteiger partial charge on any atom is -0.298 e. The Morgan fingerprint density at radius 1 is 1.40 bits per heavy atom. The van der Waals surface area contributed by atoms with Crippen LogP contribution in [-0.4, -0.2) is 6.29 Å². The summed E-state index contributed by atoms with van der Waals surface area (Å²) in [4.78, 5) is 10.2. The lowest BCUT2D eigenvalue weighted by Crippen LogP contribution is -1.77. The molecule has 0 aliphatic carbocycles. The Morgan fingerprint density at radius 2 is 2.10 bits per heavy atom.